The second-order valence-electron chi connectivity index (χ2n) is 8.02. The Balaban J connectivity index is 1.30. The minimum atomic E-state index is 0.425. The summed E-state index contributed by atoms with van der Waals surface area (Å²) in [4.78, 5) is 14.3. The van der Waals surface area contributed by atoms with Crippen LogP contribution in [0.1, 0.15) is 50.6 Å². The quantitative estimate of drug-likeness (QED) is 0.872. The van der Waals surface area contributed by atoms with Gasteiger partial charge in [0.2, 0.25) is 5.95 Å². The molecular formula is C20H33N5O. The van der Waals surface area contributed by atoms with Crippen LogP contribution in [-0.4, -0.2) is 61.4 Å². The van der Waals surface area contributed by atoms with Gasteiger partial charge in [0.25, 0.3) is 0 Å². The largest absolute Gasteiger partial charge is 0.377 e. The predicted octanol–water partition coefficient (Wildman–Crippen LogP) is 2.51. The van der Waals surface area contributed by atoms with E-state index in [1.807, 2.05) is 0 Å². The van der Waals surface area contributed by atoms with Crippen molar-refractivity contribution in [1.29, 1.82) is 0 Å². The molecule has 0 spiro atoms. The Morgan fingerprint density at radius 2 is 1.81 bits per heavy atom. The number of hydrogen-bond donors (Lipinski definition) is 1. The summed E-state index contributed by atoms with van der Waals surface area (Å²) in [6.07, 6.45) is 9.05. The zero-order valence-corrected chi connectivity index (χ0v) is 16.1. The third kappa shape index (κ3) is 4.46. The molecule has 0 aliphatic carbocycles. The van der Waals surface area contributed by atoms with E-state index >= 15 is 0 Å². The molecule has 0 bridgehead atoms. The van der Waals surface area contributed by atoms with E-state index < -0.39 is 0 Å². The Bertz CT molecular complexity index is 576. The van der Waals surface area contributed by atoms with Crippen LogP contribution in [0.5, 0.6) is 0 Å². The molecule has 4 rings (SSSR count). The fraction of sp³-hybridized carbons (Fsp3) is 0.800. The Morgan fingerprint density at radius 1 is 1.00 bits per heavy atom. The maximum atomic E-state index is 5.84. The Hall–Kier alpha value is -1.40. The normalized spacial score (nSPS) is 25.0. The molecule has 3 fully saturated rings. The highest BCUT2D eigenvalue weighted by Crippen LogP contribution is 2.23. The molecule has 1 N–H and O–H groups in total. The number of nitrogens with zero attached hydrogens (tertiary/aromatic N) is 4. The predicted molar refractivity (Wildman–Crippen MR) is 105 cm³/mol. The molecule has 3 aliphatic rings. The molecule has 4 heterocycles. The second kappa shape index (κ2) is 8.53. The van der Waals surface area contributed by atoms with Crippen LogP contribution in [0.25, 0.3) is 0 Å². The fourth-order valence-corrected chi connectivity index (χ4v) is 4.34. The molecule has 3 saturated heterocycles. The first kappa shape index (κ1) is 18.0. The highest BCUT2D eigenvalue weighted by Gasteiger charge is 2.23. The number of piperidine rings is 1. The number of aromatic nitrogens is 2. The van der Waals surface area contributed by atoms with Crippen molar-refractivity contribution in [2.24, 2.45) is 0 Å². The second-order valence-corrected chi connectivity index (χ2v) is 8.02. The Labute approximate surface area is 157 Å². The summed E-state index contributed by atoms with van der Waals surface area (Å²) in [5, 5.41) is 3.74. The van der Waals surface area contributed by atoms with Crippen LogP contribution in [0.3, 0.4) is 0 Å². The minimum Gasteiger partial charge on any atom is -0.377 e. The van der Waals surface area contributed by atoms with Gasteiger partial charge in [-0.05, 0) is 51.9 Å². The molecule has 0 aromatic carbocycles. The van der Waals surface area contributed by atoms with Gasteiger partial charge in [0.1, 0.15) is 5.82 Å². The molecule has 0 unspecified atom stereocenters. The van der Waals surface area contributed by atoms with Crippen LogP contribution in [-0.2, 0) is 4.74 Å². The van der Waals surface area contributed by atoms with Crippen molar-refractivity contribution in [3.8, 4) is 0 Å². The summed E-state index contributed by atoms with van der Waals surface area (Å²) >= 11 is 0. The first-order valence-electron chi connectivity index (χ1n) is 10.5. The SMILES string of the molecule is Cc1cc(N2CCC(NC[C@@H]3CCCCO3)CC2)nc(N2CCCC2)n1. The molecule has 6 nitrogen and oxygen atoms in total. The van der Waals surface area contributed by atoms with Gasteiger partial charge in [-0.25, -0.2) is 4.98 Å². The number of anilines is 2. The van der Waals surface area contributed by atoms with Crippen molar-refractivity contribution >= 4 is 11.8 Å². The average Bonchev–Trinajstić information content (AvgIpc) is 3.22. The lowest BCUT2D eigenvalue weighted by Gasteiger charge is -2.34. The van der Waals surface area contributed by atoms with E-state index in [1.54, 1.807) is 0 Å². The van der Waals surface area contributed by atoms with E-state index in [4.69, 9.17) is 9.72 Å². The first-order valence-corrected chi connectivity index (χ1v) is 10.5. The summed E-state index contributed by atoms with van der Waals surface area (Å²) < 4.78 is 5.84. The Kier molecular flexibility index (Phi) is 5.90. The van der Waals surface area contributed by atoms with Gasteiger partial charge in [0, 0.05) is 57.1 Å². The zero-order chi connectivity index (χ0) is 17.8. The van der Waals surface area contributed by atoms with Crippen molar-refractivity contribution < 1.29 is 4.74 Å². The maximum Gasteiger partial charge on any atom is 0.227 e. The van der Waals surface area contributed by atoms with Crippen molar-refractivity contribution in [3.63, 3.8) is 0 Å². The molecule has 0 amide bonds. The van der Waals surface area contributed by atoms with Gasteiger partial charge in [0.15, 0.2) is 0 Å². The number of nitrogens with one attached hydrogen (secondary N) is 1. The van der Waals surface area contributed by atoms with Crippen molar-refractivity contribution in [3.05, 3.63) is 11.8 Å². The zero-order valence-electron chi connectivity index (χ0n) is 16.1. The lowest BCUT2D eigenvalue weighted by atomic mass is 10.0. The van der Waals surface area contributed by atoms with Crippen LogP contribution in [0.4, 0.5) is 11.8 Å². The molecule has 3 aliphatic heterocycles. The molecule has 6 heteroatoms. The van der Waals surface area contributed by atoms with Gasteiger partial charge < -0.3 is 19.9 Å². The maximum absolute atomic E-state index is 5.84. The molecule has 0 radical (unpaired) electrons. The fourth-order valence-electron chi connectivity index (χ4n) is 4.34. The van der Waals surface area contributed by atoms with Crippen LogP contribution in [0.2, 0.25) is 0 Å². The summed E-state index contributed by atoms with van der Waals surface area (Å²) in [5.41, 5.74) is 1.08. The third-order valence-corrected chi connectivity index (χ3v) is 5.94. The molecular weight excluding hydrogens is 326 g/mol. The number of ether oxygens (including phenoxy) is 1. The number of aryl methyl sites for hydroxylation is 1. The highest BCUT2D eigenvalue weighted by atomic mass is 16.5. The van der Waals surface area contributed by atoms with Crippen LogP contribution in [0, 0.1) is 6.92 Å². The van der Waals surface area contributed by atoms with Gasteiger partial charge >= 0.3 is 0 Å². The monoisotopic (exact) mass is 359 g/mol. The van der Waals surface area contributed by atoms with E-state index in [-0.39, 0.29) is 0 Å². The molecule has 1 aromatic rings. The highest BCUT2D eigenvalue weighted by molar-refractivity contribution is 5.46. The standard InChI is InChI=1S/C20H33N5O/c1-16-14-19(23-20(22-16)25-9-3-4-10-25)24-11-7-17(8-12-24)21-15-18-6-2-5-13-26-18/h14,17-18,21H,2-13,15H2,1H3/t18-/m0/s1. The van der Waals surface area contributed by atoms with Crippen molar-refractivity contribution in [2.75, 3.05) is 49.1 Å². The van der Waals surface area contributed by atoms with Gasteiger partial charge in [-0.3, -0.25) is 0 Å². The first-order chi connectivity index (χ1) is 12.8. The van der Waals surface area contributed by atoms with Crippen molar-refractivity contribution in [1.82, 2.24) is 15.3 Å². The lowest BCUT2D eigenvalue weighted by Crippen LogP contribution is -2.45. The molecule has 26 heavy (non-hydrogen) atoms. The number of rotatable bonds is 5. The van der Waals surface area contributed by atoms with E-state index in [2.05, 4.69) is 33.1 Å². The van der Waals surface area contributed by atoms with Crippen LogP contribution in [0.15, 0.2) is 6.07 Å². The van der Waals surface area contributed by atoms with Gasteiger partial charge in [-0.2, -0.15) is 4.98 Å². The summed E-state index contributed by atoms with van der Waals surface area (Å²) in [7, 11) is 0. The van der Waals surface area contributed by atoms with E-state index in [0.717, 1.165) is 56.8 Å². The summed E-state index contributed by atoms with van der Waals surface area (Å²) in [6.45, 7) is 8.37. The summed E-state index contributed by atoms with van der Waals surface area (Å²) in [6, 6.07) is 2.75. The third-order valence-electron chi connectivity index (χ3n) is 5.94. The topological polar surface area (TPSA) is 53.5 Å². The Morgan fingerprint density at radius 3 is 2.54 bits per heavy atom. The van der Waals surface area contributed by atoms with Gasteiger partial charge in [-0.1, -0.05) is 0 Å². The van der Waals surface area contributed by atoms with Crippen molar-refractivity contribution in [2.45, 2.75) is 64.0 Å². The number of hydrogen-bond acceptors (Lipinski definition) is 6. The molecule has 1 atom stereocenters. The van der Waals surface area contributed by atoms with E-state index in [9.17, 15) is 0 Å². The van der Waals surface area contributed by atoms with E-state index in [0.29, 0.717) is 12.1 Å². The van der Waals surface area contributed by atoms with Gasteiger partial charge in [0.05, 0.1) is 6.10 Å². The van der Waals surface area contributed by atoms with Gasteiger partial charge in [-0.15, -0.1) is 0 Å². The molecule has 1 aromatic heterocycles. The molecule has 144 valence electrons. The smallest absolute Gasteiger partial charge is 0.227 e. The van der Waals surface area contributed by atoms with Crippen LogP contribution >= 0.6 is 0 Å². The van der Waals surface area contributed by atoms with Crippen LogP contribution < -0.4 is 15.1 Å². The van der Waals surface area contributed by atoms with E-state index in [1.165, 1.54) is 44.9 Å². The minimum absolute atomic E-state index is 0.425. The summed E-state index contributed by atoms with van der Waals surface area (Å²) in [5.74, 6) is 2.03. The lowest BCUT2D eigenvalue weighted by molar-refractivity contribution is 0.0149. The molecule has 0 saturated carbocycles. The average molecular weight is 360 g/mol.